The van der Waals surface area contributed by atoms with Crippen LogP contribution in [0.5, 0.6) is 0 Å². The van der Waals surface area contributed by atoms with Gasteiger partial charge in [0, 0.05) is 41.7 Å². The van der Waals surface area contributed by atoms with Gasteiger partial charge in [0.15, 0.2) is 11.4 Å². The molecule has 4 aromatic rings. The summed E-state index contributed by atoms with van der Waals surface area (Å²) in [6.45, 7) is 0.418. The molecule has 0 aliphatic rings. The zero-order valence-electron chi connectivity index (χ0n) is 20.6. The number of H-pyrrole nitrogens is 1. The van der Waals surface area contributed by atoms with E-state index in [4.69, 9.17) is 10.8 Å². The van der Waals surface area contributed by atoms with Crippen LogP contribution in [-0.4, -0.2) is 51.8 Å². The first-order valence-electron chi connectivity index (χ1n) is 11.5. The van der Waals surface area contributed by atoms with Crippen LogP contribution in [0.15, 0.2) is 41.9 Å². The number of aryl methyl sites for hydroxylation is 1. The number of nitrogens with two attached hydrogens (primary N) is 1. The van der Waals surface area contributed by atoms with Crippen molar-refractivity contribution in [1.82, 2.24) is 20.3 Å². The number of thiazole rings is 1. The van der Waals surface area contributed by atoms with Crippen molar-refractivity contribution in [3.05, 3.63) is 75.7 Å². The van der Waals surface area contributed by atoms with Crippen LogP contribution in [0.1, 0.15) is 54.6 Å². The molecular formula is C25H25F3N6O4S. The van der Waals surface area contributed by atoms with Crippen LogP contribution in [0.3, 0.4) is 0 Å². The Labute approximate surface area is 224 Å². The number of benzene rings is 1. The van der Waals surface area contributed by atoms with Crippen molar-refractivity contribution in [3.8, 4) is 0 Å². The zero-order valence-corrected chi connectivity index (χ0v) is 21.4. The summed E-state index contributed by atoms with van der Waals surface area (Å²) in [5, 5.41) is 14.6. The van der Waals surface area contributed by atoms with E-state index in [9.17, 15) is 27.6 Å². The van der Waals surface area contributed by atoms with Gasteiger partial charge in [-0.05, 0) is 54.8 Å². The highest BCUT2D eigenvalue weighted by atomic mass is 32.1. The molecular weight excluding hydrogens is 537 g/mol. The number of amides is 2. The maximum Gasteiger partial charge on any atom is 0.433 e. The van der Waals surface area contributed by atoms with Gasteiger partial charge in [0.2, 0.25) is 0 Å². The van der Waals surface area contributed by atoms with Crippen molar-refractivity contribution < 1.29 is 32.7 Å². The van der Waals surface area contributed by atoms with E-state index in [0.717, 1.165) is 53.5 Å². The molecule has 0 atom stereocenters. The highest BCUT2D eigenvalue weighted by Crippen LogP contribution is 2.27. The summed E-state index contributed by atoms with van der Waals surface area (Å²) in [4.78, 5) is 47.1. The maximum absolute atomic E-state index is 12.8. The number of carbonyl (C=O) groups is 3. The van der Waals surface area contributed by atoms with Crippen molar-refractivity contribution in [2.75, 3.05) is 19.0 Å². The molecule has 0 saturated heterocycles. The van der Waals surface area contributed by atoms with Crippen molar-refractivity contribution in [2.24, 2.45) is 5.73 Å². The molecule has 2 amide bonds. The summed E-state index contributed by atoms with van der Waals surface area (Å²) >= 11 is 1.05. The van der Waals surface area contributed by atoms with Crippen LogP contribution in [0.2, 0.25) is 0 Å². The summed E-state index contributed by atoms with van der Waals surface area (Å²) in [5.41, 5.74) is 7.31. The molecule has 10 nitrogen and oxygen atoms in total. The minimum atomic E-state index is -4.54. The highest BCUT2D eigenvalue weighted by Gasteiger charge is 2.32. The lowest BCUT2D eigenvalue weighted by Crippen LogP contribution is -2.23. The number of hydrogen-bond donors (Lipinski definition) is 5. The number of nitrogens with zero attached hydrogens (tertiary/aromatic N) is 2. The first-order valence-corrected chi connectivity index (χ1v) is 12.4. The Bertz CT molecular complexity index is 1450. The molecule has 6 N–H and O–H groups in total. The second-order valence-corrected chi connectivity index (χ2v) is 8.87. The fraction of sp³-hybridized carbons (Fsp3) is 0.240. The molecule has 39 heavy (non-hydrogen) atoms. The van der Waals surface area contributed by atoms with E-state index in [1.165, 1.54) is 11.4 Å². The molecule has 0 spiro atoms. The molecule has 4 rings (SSSR count). The fourth-order valence-corrected chi connectivity index (χ4v) is 4.32. The third kappa shape index (κ3) is 7.25. The SMILES string of the molecule is CO.NCCCc1c(C=O)[nH]c2ccc(C(=O)Nc3nc(C(=O)NCc4ccc(C(F)(F)F)nc4)cs3)cc12. The number of carbonyl (C=O) groups excluding carboxylic acids is 3. The largest absolute Gasteiger partial charge is 0.433 e. The second-order valence-electron chi connectivity index (χ2n) is 8.01. The van der Waals surface area contributed by atoms with Gasteiger partial charge in [0.25, 0.3) is 11.8 Å². The minimum Gasteiger partial charge on any atom is -0.400 e. The smallest absolute Gasteiger partial charge is 0.400 e. The number of aliphatic hydroxyl groups excluding tert-OH is 1. The number of aldehydes is 1. The minimum absolute atomic E-state index is 0.0425. The Morgan fingerprint density at radius 2 is 1.95 bits per heavy atom. The Kier molecular flexibility index (Phi) is 9.87. The lowest BCUT2D eigenvalue weighted by molar-refractivity contribution is -0.141. The number of anilines is 1. The van der Waals surface area contributed by atoms with Gasteiger partial charge in [0.05, 0.1) is 5.69 Å². The molecule has 14 heteroatoms. The normalized spacial score (nSPS) is 11.0. The van der Waals surface area contributed by atoms with E-state index < -0.39 is 23.7 Å². The number of halogens is 3. The summed E-state index contributed by atoms with van der Waals surface area (Å²) in [6, 6.07) is 7.06. The Morgan fingerprint density at radius 1 is 1.18 bits per heavy atom. The predicted molar refractivity (Wildman–Crippen MR) is 140 cm³/mol. The van der Waals surface area contributed by atoms with Crippen molar-refractivity contribution in [3.63, 3.8) is 0 Å². The van der Waals surface area contributed by atoms with Gasteiger partial charge in [-0.1, -0.05) is 6.07 Å². The van der Waals surface area contributed by atoms with Gasteiger partial charge in [-0.15, -0.1) is 11.3 Å². The van der Waals surface area contributed by atoms with Gasteiger partial charge in [-0.3, -0.25) is 24.7 Å². The van der Waals surface area contributed by atoms with E-state index >= 15 is 0 Å². The quantitative estimate of drug-likeness (QED) is 0.195. The number of fused-ring (bicyclic) bond motifs is 1. The van der Waals surface area contributed by atoms with Gasteiger partial charge >= 0.3 is 6.18 Å². The second kappa shape index (κ2) is 13.1. The average molecular weight is 563 g/mol. The van der Waals surface area contributed by atoms with Crippen LogP contribution in [0.4, 0.5) is 18.3 Å². The molecule has 0 radical (unpaired) electrons. The van der Waals surface area contributed by atoms with Gasteiger partial charge in [-0.25, -0.2) is 4.98 Å². The molecule has 0 aliphatic carbocycles. The summed E-state index contributed by atoms with van der Waals surface area (Å²) in [7, 11) is 1.00. The van der Waals surface area contributed by atoms with Crippen LogP contribution in [-0.2, 0) is 19.1 Å². The molecule has 3 heterocycles. The predicted octanol–water partition coefficient (Wildman–Crippen LogP) is 3.53. The van der Waals surface area contributed by atoms with E-state index in [2.05, 4.69) is 25.6 Å². The molecule has 3 aromatic heterocycles. The first kappa shape index (κ1) is 29.4. The number of aliphatic hydroxyl groups is 1. The standard InChI is InChI=1S/C24H21F3N6O3S.CH4O/c25-24(26,27)20-6-3-13(9-29-20)10-30-22(36)19-12-37-23(32-19)33-21(35)14-4-5-17-16(8-14)15(2-1-7-28)18(11-34)31-17;1-2/h3-6,8-9,11-12,31H,1-2,7,10,28H2,(H,30,36)(H,32,33,35);2H,1H3. The maximum atomic E-state index is 12.8. The Hall–Kier alpha value is -4.14. The van der Waals surface area contributed by atoms with Gasteiger partial charge in [-0.2, -0.15) is 13.2 Å². The number of aromatic nitrogens is 3. The number of alkyl halides is 3. The Balaban J connectivity index is 0.00000205. The summed E-state index contributed by atoms with van der Waals surface area (Å²) in [5.74, 6) is -1.01. The highest BCUT2D eigenvalue weighted by molar-refractivity contribution is 7.14. The van der Waals surface area contributed by atoms with Crippen LogP contribution >= 0.6 is 11.3 Å². The topological polar surface area (TPSA) is 163 Å². The van der Waals surface area contributed by atoms with Crippen molar-refractivity contribution in [1.29, 1.82) is 0 Å². The summed E-state index contributed by atoms with van der Waals surface area (Å²) < 4.78 is 37.8. The molecule has 0 bridgehead atoms. The fourth-order valence-electron chi connectivity index (χ4n) is 3.63. The number of hydrogen-bond acceptors (Lipinski definition) is 8. The third-order valence-corrected chi connectivity index (χ3v) is 6.23. The average Bonchev–Trinajstić information content (AvgIpc) is 3.55. The number of nitrogens with one attached hydrogen (secondary N) is 3. The lowest BCUT2D eigenvalue weighted by atomic mass is 10.0. The van der Waals surface area contributed by atoms with E-state index in [0.29, 0.717) is 36.2 Å². The van der Waals surface area contributed by atoms with E-state index in [1.54, 1.807) is 18.2 Å². The molecule has 0 aliphatic heterocycles. The molecule has 0 fully saturated rings. The number of pyridine rings is 1. The lowest BCUT2D eigenvalue weighted by Gasteiger charge is -2.07. The zero-order chi connectivity index (χ0) is 28.6. The van der Waals surface area contributed by atoms with E-state index in [1.807, 2.05) is 0 Å². The van der Waals surface area contributed by atoms with Crippen molar-refractivity contribution in [2.45, 2.75) is 25.6 Å². The van der Waals surface area contributed by atoms with Crippen LogP contribution < -0.4 is 16.4 Å². The third-order valence-electron chi connectivity index (χ3n) is 5.48. The van der Waals surface area contributed by atoms with Gasteiger partial charge < -0.3 is 21.1 Å². The van der Waals surface area contributed by atoms with Crippen LogP contribution in [0.25, 0.3) is 10.9 Å². The first-order chi connectivity index (χ1) is 18.7. The van der Waals surface area contributed by atoms with Gasteiger partial charge in [0.1, 0.15) is 11.4 Å². The van der Waals surface area contributed by atoms with E-state index in [-0.39, 0.29) is 17.4 Å². The monoisotopic (exact) mass is 562 g/mol. The number of aromatic amines is 1. The molecule has 0 saturated carbocycles. The Morgan fingerprint density at radius 3 is 2.59 bits per heavy atom. The summed E-state index contributed by atoms with van der Waals surface area (Å²) in [6.07, 6.45) is -1.49. The molecule has 1 aromatic carbocycles. The number of rotatable bonds is 9. The molecule has 0 unspecified atom stereocenters. The molecule has 206 valence electrons. The van der Waals surface area contributed by atoms with Crippen molar-refractivity contribution >= 4 is 45.5 Å². The van der Waals surface area contributed by atoms with Crippen LogP contribution in [0, 0.1) is 0 Å².